The Hall–Kier alpha value is -0.670. The van der Waals surface area contributed by atoms with Crippen molar-refractivity contribution in [2.75, 3.05) is 20.1 Å². The van der Waals surface area contributed by atoms with Gasteiger partial charge in [0.05, 0.1) is 5.01 Å². The molecule has 0 unspecified atom stereocenters. The van der Waals surface area contributed by atoms with Crippen LogP contribution in [-0.2, 0) is 11.8 Å². The second-order valence-electron chi connectivity index (χ2n) is 6.26. The Balaban J connectivity index is 0.00000225. The molecule has 0 aliphatic heterocycles. The van der Waals surface area contributed by atoms with Crippen LogP contribution in [0.25, 0.3) is 0 Å². The van der Waals surface area contributed by atoms with E-state index < -0.39 is 0 Å². The van der Waals surface area contributed by atoms with Crippen molar-refractivity contribution in [1.29, 1.82) is 0 Å². The molecule has 1 aliphatic carbocycles. The van der Waals surface area contributed by atoms with Crippen LogP contribution in [-0.4, -0.2) is 31.1 Å². The second kappa shape index (κ2) is 9.32. The van der Waals surface area contributed by atoms with Gasteiger partial charge >= 0.3 is 0 Å². The summed E-state index contributed by atoms with van der Waals surface area (Å²) >= 11 is 5.33. The van der Waals surface area contributed by atoms with Crippen molar-refractivity contribution in [1.82, 2.24) is 15.6 Å². The Bertz CT molecular complexity index is 727. The third-order valence-electron chi connectivity index (χ3n) is 4.41. The highest BCUT2D eigenvalue weighted by Gasteiger charge is 2.44. The van der Waals surface area contributed by atoms with Crippen molar-refractivity contribution in [3.63, 3.8) is 0 Å². The third kappa shape index (κ3) is 5.65. The predicted octanol–water partition coefficient (Wildman–Crippen LogP) is 4.27. The Morgan fingerprint density at radius 2 is 2.16 bits per heavy atom. The number of guanidine groups is 1. The van der Waals surface area contributed by atoms with Crippen molar-refractivity contribution >= 4 is 57.2 Å². The summed E-state index contributed by atoms with van der Waals surface area (Å²) in [5.41, 5.74) is 1.66. The minimum atomic E-state index is 0. The highest BCUT2D eigenvalue weighted by molar-refractivity contribution is 14.0. The maximum atomic E-state index is 4.40. The summed E-state index contributed by atoms with van der Waals surface area (Å²) in [4.78, 5) is 9.99. The minimum Gasteiger partial charge on any atom is -0.356 e. The number of aryl methyl sites for hydroxylation is 1. The number of hydrogen-bond acceptors (Lipinski definition) is 3. The molecule has 4 nitrogen and oxygen atoms in total. The van der Waals surface area contributed by atoms with Gasteiger partial charge in [-0.2, -0.15) is 0 Å². The normalized spacial score (nSPS) is 15.4. The fourth-order valence-electron chi connectivity index (χ4n) is 2.82. The van der Waals surface area contributed by atoms with Crippen LogP contribution in [0.4, 0.5) is 0 Å². The fourth-order valence-corrected chi connectivity index (χ4v) is 4.00. The number of nitrogens with zero attached hydrogens (tertiary/aromatic N) is 2. The maximum Gasteiger partial charge on any atom is 0.191 e. The molecule has 136 valence electrons. The van der Waals surface area contributed by atoms with Gasteiger partial charge in [0.1, 0.15) is 0 Å². The molecule has 25 heavy (non-hydrogen) atoms. The van der Waals surface area contributed by atoms with E-state index in [4.69, 9.17) is 0 Å². The first kappa shape index (κ1) is 20.6. The summed E-state index contributed by atoms with van der Waals surface area (Å²) in [6.07, 6.45) is 5.32. The zero-order valence-electron chi connectivity index (χ0n) is 14.5. The van der Waals surface area contributed by atoms with Crippen LogP contribution in [0.3, 0.4) is 0 Å². The molecular weight excluding hydrogens is 511 g/mol. The van der Waals surface area contributed by atoms with E-state index in [1.165, 1.54) is 28.3 Å². The van der Waals surface area contributed by atoms with Crippen LogP contribution in [0, 0.1) is 6.92 Å². The summed E-state index contributed by atoms with van der Waals surface area (Å²) in [7, 11) is 1.82. The number of aromatic nitrogens is 1. The van der Waals surface area contributed by atoms with Crippen LogP contribution >= 0.6 is 51.2 Å². The Morgan fingerprint density at radius 3 is 2.76 bits per heavy atom. The van der Waals surface area contributed by atoms with Crippen molar-refractivity contribution in [3.8, 4) is 0 Å². The van der Waals surface area contributed by atoms with Gasteiger partial charge in [-0.1, -0.05) is 28.1 Å². The number of halogens is 2. The maximum absolute atomic E-state index is 4.40. The minimum absolute atomic E-state index is 0. The molecular formula is C18H24BrIN4S. The number of rotatable bonds is 6. The number of nitrogens with one attached hydrogen (secondary N) is 2. The summed E-state index contributed by atoms with van der Waals surface area (Å²) in [6.45, 7) is 3.85. The quantitative estimate of drug-likeness (QED) is 0.330. The topological polar surface area (TPSA) is 49.3 Å². The molecule has 1 aromatic carbocycles. The first-order valence-corrected chi connectivity index (χ1v) is 9.84. The zero-order chi connectivity index (χ0) is 17.0. The summed E-state index contributed by atoms with van der Waals surface area (Å²) in [5.74, 6) is 0.865. The lowest BCUT2D eigenvalue weighted by atomic mass is 9.96. The van der Waals surface area contributed by atoms with Gasteiger partial charge < -0.3 is 10.6 Å². The Kier molecular flexibility index (Phi) is 7.69. The van der Waals surface area contributed by atoms with E-state index in [1.54, 1.807) is 11.3 Å². The van der Waals surface area contributed by atoms with E-state index in [2.05, 4.69) is 67.7 Å². The first-order valence-electron chi connectivity index (χ1n) is 8.23. The summed E-state index contributed by atoms with van der Waals surface area (Å²) in [6, 6.07) is 8.65. The average molecular weight is 535 g/mol. The van der Waals surface area contributed by atoms with Crippen molar-refractivity contribution in [3.05, 3.63) is 50.4 Å². The molecule has 1 fully saturated rings. The molecule has 2 N–H and O–H groups in total. The van der Waals surface area contributed by atoms with Crippen LogP contribution in [0.15, 0.2) is 39.9 Å². The lowest BCUT2D eigenvalue weighted by Crippen LogP contribution is -2.41. The molecule has 1 heterocycles. The predicted molar refractivity (Wildman–Crippen MR) is 120 cm³/mol. The van der Waals surface area contributed by atoms with Crippen molar-refractivity contribution in [2.45, 2.75) is 31.6 Å². The summed E-state index contributed by atoms with van der Waals surface area (Å²) in [5, 5.41) is 8.04. The van der Waals surface area contributed by atoms with E-state index in [0.29, 0.717) is 0 Å². The van der Waals surface area contributed by atoms with Gasteiger partial charge in [0.2, 0.25) is 0 Å². The van der Waals surface area contributed by atoms with E-state index in [0.717, 1.165) is 29.9 Å². The Morgan fingerprint density at radius 1 is 1.36 bits per heavy atom. The summed E-state index contributed by atoms with van der Waals surface area (Å²) < 4.78 is 1.15. The molecule has 1 aromatic heterocycles. The molecule has 7 heteroatoms. The van der Waals surface area contributed by atoms with Gasteiger partial charge in [0.15, 0.2) is 5.96 Å². The highest BCUT2D eigenvalue weighted by Crippen LogP contribution is 2.48. The van der Waals surface area contributed by atoms with Crippen LogP contribution in [0.1, 0.15) is 28.3 Å². The standard InChI is InChI=1S/C18H23BrN4S.HI/c1-13-11-22-16(24-13)6-9-21-17(20-2)23-12-18(7-8-18)14-4-3-5-15(19)10-14;/h3-5,10-11H,6-9,12H2,1-2H3,(H2,20,21,23);1H. The molecule has 2 aromatic rings. The molecule has 0 bridgehead atoms. The van der Waals surface area contributed by atoms with Crippen LogP contribution in [0.5, 0.6) is 0 Å². The van der Waals surface area contributed by atoms with E-state index in [1.807, 2.05) is 13.2 Å². The van der Waals surface area contributed by atoms with Crippen molar-refractivity contribution < 1.29 is 0 Å². The third-order valence-corrected chi connectivity index (χ3v) is 5.87. The molecule has 0 atom stereocenters. The number of benzene rings is 1. The van der Waals surface area contributed by atoms with E-state index >= 15 is 0 Å². The van der Waals surface area contributed by atoms with Gasteiger partial charge in [-0.25, -0.2) is 4.98 Å². The number of aliphatic imine (C=N–C) groups is 1. The number of thiazole rings is 1. The highest BCUT2D eigenvalue weighted by atomic mass is 127. The fraction of sp³-hybridized carbons (Fsp3) is 0.444. The average Bonchev–Trinajstić information content (AvgIpc) is 3.26. The van der Waals surface area contributed by atoms with E-state index in [-0.39, 0.29) is 29.4 Å². The first-order chi connectivity index (χ1) is 11.6. The lowest BCUT2D eigenvalue weighted by Gasteiger charge is -2.19. The lowest BCUT2D eigenvalue weighted by molar-refractivity contribution is 0.645. The van der Waals surface area contributed by atoms with Crippen LogP contribution in [0.2, 0.25) is 0 Å². The molecule has 1 aliphatic rings. The molecule has 0 amide bonds. The smallest absolute Gasteiger partial charge is 0.191 e. The zero-order valence-corrected chi connectivity index (χ0v) is 19.2. The number of hydrogen-bond donors (Lipinski definition) is 2. The second-order valence-corrected chi connectivity index (χ2v) is 8.49. The van der Waals surface area contributed by atoms with Gasteiger partial charge in [-0.3, -0.25) is 4.99 Å². The molecule has 1 saturated carbocycles. The molecule has 0 spiro atoms. The van der Waals surface area contributed by atoms with Gasteiger partial charge in [0, 0.05) is 47.5 Å². The van der Waals surface area contributed by atoms with E-state index in [9.17, 15) is 0 Å². The largest absolute Gasteiger partial charge is 0.356 e. The van der Waals surface area contributed by atoms with Crippen molar-refractivity contribution in [2.24, 2.45) is 4.99 Å². The van der Waals surface area contributed by atoms with Gasteiger partial charge in [-0.15, -0.1) is 35.3 Å². The molecule has 0 radical (unpaired) electrons. The monoisotopic (exact) mass is 534 g/mol. The molecule has 3 rings (SSSR count). The Labute approximate surface area is 179 Å². The van der Waals surface area contributed by atoms with Crippen LogP contribution < -0.4 is 10.6 Å². The molecule has 0 saturated heterocycles. The SMILES string of the molecule is CN=C(NCCc1ncc(C)s1)NCC1(c2cccc(Br)c2)CC1.I. The van der Waals surface area contributed by atoms with Gasteiger partial charge in [0.25, 0.3) is 0 Å². The van der Waals surface area contributed by atoms with Gasteiger partial charge in [-0.05, 0) is 37.5 Å².